The van der Waals surface area contributed by atoms with Crippen LogP contribution in [0.5, 0.6) is 0 Å². The van der Waals surface area contributed by atoms with E-state index in [2.05, 4.69) is 5.32 Å². The van der Waals surface area contributed by atoms with Gasteiger partial charge in [0.2, 0.25) is 0 Å². The summed E-state index contributed by atoms with van der Waals surface area (Å²) < 4.78 is 5.37. The molecule has 0 heterocycles. The standard InChI is InChI=1S/C14H20N2O2/c1-9-6-10(8-11(15)7-9)14(17)16-12-4-3-5-13(12)18-2/h6-8,12-13H,3-5,15H2,1-2H3,(H,16,17). The Morgan fingerprint density at radius 2 is 2.17 bits per heavy atom. The van der Waals surface area contributed by atoms with Crippen molar-refractivity contribution < 1.29 is 9.53 Å². The molecule has 1 aliphatic carbocycles. The van der Waals surface area contributed by atoms with Gasteiger partial charge in [-0.3, -0.25) is 4.79 Å². The minimum Gasteiger partial charge on any atom is -0.399 e. The monoisotopic (exact) mass is 248 g/mol. The number of nitrogens with two attached hydrogens (primary N) is 1. The van der Waals surface area contributed by atoms with Gasteiger partial charge in [-0.1, -0.05) is 0 Å². The molecule has 1 amide bonds. The minimum absolute atomic E-state index is 0.0700. The third-order valence-electron chi connectivity index (χ3n) is 3.43. The van der Waals surface area contributed by atoms with Gasteiger partial charge in [0.05, 0.1) is 12.1 Å². The van der Waals surface area contributed by atoms with Crippen LogP contribution in [0.1, 0.15) is 35.2 Å². The number of nitrogens with one attached hydrogen (secondary N) is 1. The third-order valence-corrected chi connectivity index (χ3v) is 3.43. The van der Waals surface area contributed by atoms with Crippen molar-refractivity contribution in [3.05, 3.63) is 29.3 Å². The largest absolute Gasteiger partial charge is 0.399 e. The number of methoxy groups -OCH3 is 1. The summed E-state index contributed by atoms with van der Waals surface area (Å²) in [4.78, 5) is 12.1. The zero-order valence-corrected chi connectivity index (χ0v) is 10.9. The van der Waals surface area contributed by atoms with E-state index in [0.717, 1.165) is 24.8 Å². The summed E-state index contributed by atoms with van der Waals surface area (Å²) in [5.74, 6) is -0.0700. The van der Waals surface area contributed by atoms with Crippen molar-refractivity contribution >= 4 is 11.6 Å². The first-order valence-corrected chi connectivity index (χ1v) is 6.31. The van der Waals surface area contributed by atoms with Gasteiger partial charge in [0.25, 0.3) is 5.91 Å². The van der Waals surface area contributed by atoms with Gasteiger partial charge in [-0.05, 0) is 49.9 Å². The Labute approximate surface area is 108 Å². The number of ether oxygens (including phenoxy) is 1. The molecule has 0 radical (unpaired) electrons. The normalized spacial score (nSPS) is 23.0. The topological polar surface area (TPSA) is 64.3 Å². The SMILES string of the molecule is COC1CCCC1NC(=O)c1cc(C)cc(N)c1. The van der Waals surface area contributed by atoms with Crippen LogP contribution in [0.4, 0.5) is 5.69 Å². The predicted molar refractivity (Wildman–Crippen MR) is 71.5 cm³/mol. The van der Waals surface area contributed by atoms with Gasteiger partial charge in [0.15, 0.2) is 0 Å². The number of benzene rings is 1. The number of aryl methyl sites for hydroxylation is 1. The number of carbonyl (C=O) groups excluding carboxylic acids is 1. The number of anilines is 1. The predicted octanol–water partition coefficient (Wildman–Crippen LogP) is 1.87. The Balaban J connectivity index is 2.07. The number of rotatable bonds is 3. The quantitative estimate of drug-likeness (QED) is 0.803. The molecule has 1 saturated carbocycles. The summed E-state index contributed by atoms with van der Waals surface area (Å²) in [6.45, 7) is 1.93. The van der Waals surface area contributed by atoms with Crippen molar-refractivity contribution in [1.82, 2.24) is 5.32 Å². The zero-order valence-electron chi connectivity index (χ0n) is 10.9. The lowest BCUT2D eigenvalue weighted by atomic mass is 10.1. The maximum absolute atomic E-state index is 12.1. The van der Waals surface area contributed by atoms with E-state index in [1.54, 1.807) is 13.2 Å². The van der Waals surface area contributed by atoms with Crippen LogP contribution < -0.4 is 11.1 Å². The van der Waals surface area contributed by atoms with Gasteiger partial charge < -0.3 is 15.8 Å². The summed E-state index contributed by atoms with van der Waals surface area (Å²) in [5.41, 5.74) is 7.99. The molecule has 3 N–H and O–H groups in total. The average molecular weight is 248 g/mol. The van der Waals surface area contributed by atoms with E-state index in [0.29, 0.717) is 11.3 Å². The zero-order chi connectivity index (χ0) is 13.1. The van der Waals surface area contributed by atoms with Crippen molar-refractivity contribution in [2.24, 2.45) is 0 Å². The smallest absolute Gasteiger partial charge is 0.251 e. The first-order chi connectivity index (χ1) is 8.60. The second-order valence-corrected chi connectivity index (χ2v) is 4.92. The average Bonchev–Trinajstić information content (AvgIpc) is 2.75. The minimum atomic E-state index is -0.0700. The number of hydrogen-bond donors (Lipinski definition) is 2. The molecule has 0 aliphatic heterocycles. The van der Waals surface area contributed by atoms with Crippen LogP contribution in [-0.4, -0.2) is 25.2 Å². The molecule has 1 aromatic carbocycles. The molecule has 18 heavy (non-hydrogen) atoms. The van der Waals surface area contributed by atoms with Crippen LogP contribution in [0.3, 0.4) is 0 Å². The first-order valence-electron chi connectivity index (χ1n) is 6.31. The summed E-state index contributed by atoms with van der Waals surface area (Å²) >= 11 is 0. The lowest BCUT2D eigenvalue weighted by Gasteiger charge is -2.19. The molecule has 1 fully saturated rings. The third kappa shape index (κ3) is 2.82. The lowest BCUT2D eigenvalue weighted by Crippen LogP contribution is -2.40. The maximum Gasteiger partial charge on any atom is 0.251 e. The van der Waals surface area contributed by atoms with Crippen LogP contribution >= 0.6 is 0 Å². The van der Waals surface area contributed by atoms with E-state index in [-0.39, 0.29) is 18.1 Å². The van der Waals surface area contributed by atoms with Gasteiger partial charge >= 0.3 is 0 Å². The van der Waals surface area contributed by atoms with Crippen LogP contribution in [-0.2, 0) is 4.74 Å². The molecule has 2 rings (SSSR count). The second kappa shape index (κ2) is 5.40. The number of nitrogen functional groups attached to an aromatic ring is 1. The molecular weight excluding hydrogens is 228 g/mol. The van der Waals surface area contributed by atoms with Crippen molar-refractivity contribution in [2.45, 2.75) is 38.3 Å². The van der Waals surface area contributed by atoms with Crippen molar-refractivity contribution in [3.63, 3.8) is 0 Å². The van der Waals surface area contributed by atoms with Crippen molar-refractivity contribution in [2.75, 3.05) is 12.8 Å². The molecular formula is C14H20N2O2. The molecule has 2 atom stereocenters. The van der Waals surface area contributed by atoms with Crippen molar-refractivity contribution in [1.29, 1.82) is 0 Å². The number of carbonyl (C=O) groups is 1. The second-order valence-electron chi connectivity index (χ2n) is 4.92. The lowest BCUT2D eigenvalue weighted by molar-refractivity contribution is 0.0722. The molecule has 2 unspecified atom stereocenters. The molecule has 4 nitrogen and oxygen atoms in total. The highest BCUT2D eigenvalue weighted by atomic mass is 16.5. The molecule has 0 bridgehead atoms. The fourth-order valence-corrected chi connectivity index (χ4v) is 2.57. The Bertz CT molecular complexity index is 425. The molecule has 4 heteroatoms. The fourth-order valence-electron chi connectivity index (χ4n) is 2.57. The van der Waals surface area contributed by atoms with Crippen LogP contribution in [0, 0.1) is 6.92 Å². The molecule has 98 valence electrons. The van der Waals surface area contributed by atoms with Crippen LogP contribution in [0.15, 0.2) is 18.2 Å². The summed E-state index contributed by atoms with van der Waals surface area (Å²) in [7, 11) is 1.69. The maximum atomic E-state index is 12.1. The summed E-state index contributed by atoms with van der Waals surface area (Å²) in [5, 5.41) is 3.03. The van der Waals surface area contributed by atoms with E-state index < -0.39 is 0 Å². The van der Waals surface area contributed by atoms with E-state index >= 15 is 0 Å². The Kier molecular flexibility index (Phi) is 3.87. The fraction of sp³-hybridized carbons (Fsp3) is 0.500. The molecule has 1 aliphatic rings. The van der Waals surface area contributed by atoms with Crippen molar-refractivity contribution in [3.8, 4) is 0 Å². The molecule has 0 aromatic heterocycles. The Morgan fingerprint density at radius 3 is 2.83 bits per heavy atom. The summed E-state index contributed by atoms with van der Waals surface area (Å²) in [6, 6.07) is 5.52. The van der Waals surface area contributed by atoms with Crippen LogP contribution in [0.25, 0.3) is 0 Å². The molecule has 0 saturated heterocycles. The Morgan fingerprint density at radius 1 is 1.39 bits per heavy atom. The van der Waals surface area contributed by atoms with E-state index in [1.807, 2.05) is 19.1 Å². The number of amides is 1. The summed E-state index contributed by atoms with van der Waals surface area (Å²) in [6.07, 6.45) is 3.22. The first kappa shape index (κ1) is 12.9. The van der Waals surface area contributed by atoms with E-state index in [1.165, 1.54) is 0 Å². The van der Waals surface area contributed by atoms with Gasteiger partial charge in [-0.15, -0.1) is 0 Å². The number of hydrogen-bond acceptors (Lipinski definition) is 3. The van der Waals surface area contributed by atoms with Gasteiger partial charge in [0, 0.05) is 18.4 Å². The van der Waals surface area contributed by atoms with E-state index in [4.69, 9.17) is 10.5 Å². The van der Waals surface area contributed by atoms with Gasteiger partial charge in [0.1, 0.15) is 0 Å². The Hall–Kier alpha value is -1.55. The van der Waals surface area contributed by atoms with Crippen LogP contribution in [0.2, 0.25) is 0 Å². The van der Waals surface area contributed by atoms with Gasteiger partial charge in [-0.2, -0.15) is 0 Å². The molecule has 0 spiro atoms. The molecule has 1 aromatic rings. The van der Waals surface area contributed by atoms with E-state index in [9.17, 15) is 4.79 Å². The highest BCUT2D eigenvalue weighted by Crippen LogP contribution is 2.22. The highest BCUT2D eigenvalue weighted by molar-refractivity contribution is 5.95. The van der Waals surface area contributed by atoms with Gasteiger partial charge in [-0.25, -0.2) is 0 Å². The highest BCUT2D eigenvalue weighted by Gasteiger charge is 2.28.